The van der Waals surface area contributed by atoms with Crippen molar-refractivity contribution in [1.82, 2.24) is 15.1 Å². The number of carbonyl (C=O) groups is 1. The number of aryl methyl sites for hydroxylation is 1. The topological polar surface area (TPSA) is 67.2 Å². The van der Waals surface area contributed by atoms with Crippen LogP contribution in [0.2, 0.25) is 0 Å². The Morgan fingerprint density at radius 3 is 2.43 bits per heavy atom. The highest BCUT2D eigenvalue weighted by Crippen LogP contribution is 2.25. The van der Waals surface area contributed by atoms with E-state index in [0.717, 1.165) is 11.4 Å². The number of aliphatic hydroxyl groups excluding tert-OH is 1. The zero-order valence-corrected chi connectivity index (χ0v) is 14.4. The molecule has 2 rings (SSSR count). The highest BCUT2D eigenvalue weighted by atomic mass is 16.3. The van der Waals surface area contributed by atoms with Crippen molar-refractivity contribution in [2.24, 2.45) is 0 Å². The van der Waals surface area contributed by atoms with E-state index in [1.54, 1.807) is 17.8 Å². The zero-order valence-electron chi connectivity index (χ0n) is 14.4. The molecule has 0 aliphatic heterocycles. The molecular formula is C18H25N3O2. The number of nitrogens with one attached hydrogen (secondary N) is 1. The Kier molecular flexibility index (Phi) is 4.90. The summed E-state index contributed by atoms with van der Waals surface area (Å²) in [6.07, 6.45) is 1.75. The third kappa shape index (κ3) is 3.99. The fraction of sp³-hybridized carbons (Fsp3) is 0.444. The summed E-state index contributed by atoms with van der Waals surface area (Å²) in [6, 6.07) is 7.69. The third-order valence-corrected chi connectivity index (χ3v) is 3.62. The molecule has 2 N–H and O–H groups in total. The second-order valence-corrected chi connectivity index (χ2v) is 6.98. The Labute approximate surface area is 137 Å². The molecule has 1 unspecified atom stereocenters. The predicted molar refractivity (Wildman–Crippen MR) is 91.0 cm³/mol. The highest BCUT2D eigenvalue weighted by molar-refractivity contribution is 5.95. The summed E-state index contributed by atoms with van der Waals surface area (Å²) in [7, 11) is 0. The maximum absolute atomic E-state index is 12.5. The Morgan fingerprint density at radius 2 is 1.91 bits per heavy atom. The molecule has 1 aromatic carbocycles. The first-order valence-corrected chi connectivity index (χ1v) is 7.81. The van der Waals surface area contributed by atoms with Crippen molar-refractivity contribution in [2.75, 3.05) is 6.61 Å². The van der Waals surface area contributed by atoms with Gasteiger partial charge in [-0.25, -0.2) is 4.68 Å². The number of carbonyl (C=O) groups excluding carboxylic acids is 1. The van der Waals surface area contributed by atoms with Crippen LogP contribution in [0.3, 0.4) is 0 Å². The molecule has 5 heteroatoms. The van der Waals surface area contributed by atoms with E-state index in [-0.39, 0.29) is 24.0 Å². The lowest BCUT2D eigenvalue weighted by atomic mass is 9.89. The van der Waals surface area contributed by atoms with Crippen LogP contribution in [0, 0.1) is 6.92 Å². The normalized spacial score (nSPS) is 13.0. The van der Waals surface area contributed by atoms with Gasteiger partial charge in [0.15, 0.2) is 0 Å². The van der Waals surface area contributed by atoms with Crippen LogP contribution in [0.15, 0.2) is 30.5 Å². The van der Waals surface area contributed by atoms with E-state index in [1.807, 2.05) is 52.0 Å². The molecule has 0 aliphatic rings. The summed E-state index contributed by atoms with van der Waals surface area (Å²) in [4.78, 5) is 12.5. The van der Waals surface area contributed by atoms with Crippen LogP contribution in [0.25, 0.3) is 5.69 Å². The molecule has 124 valence electrons. The van der Waals surface area contributed by atoms with Crippen molar-refractivity contribution in [3.05, 3.63) is 47.3 Å². The smallest absolute Gasteiger partial charge is 0.255 e. The van der Waals surface area contributed by atoms with Crippen LogP contribution in [0.4, 0.5) is 0 Å². The van der Waals surface area contributed by atoms with Crippen molar-refractivity contribution in [3.8, 4) is 5.69 Å². The van der Waals surface area contributed by atoms with Crippen LogP contribution in [0.1, 0.15) is 49.3 Å². The third-order valence-electron chi connectivity index (χ3n) is 3.62. The van der Waals surface area contributed by atoms with Crippen molar-refractivity contribution in [3.63, 3.8) is 0 Å². The Hall–Kier alpha value is -2.14. The summed E-state index contributed by atoms with van der Waals surface area (Å²) in [6.45, 7) is 9.79. The number of hydrogen-bond acceptors (Lipinski definition) is 3. The molecule has 0 saturated carbocycles. The number of hydrogen-bond donors (Lipinski definition) is 2. The lowest BCUT2D eigenvalue weighted by Gasteiger charge is -2.18. The molecule has 1 aromatic heterocycles. The molecule has 1 heterocycles. The monoisotopic (exact) mass is 315 g/mol. The lowest BCUT2D eigenvalue weighted by Crippen LogP contribution is -2.36. The van der Waals surface area contributed by atoms with Crippen LogP contribution in [0.5, 0.6) is 0 Å². The van der Waals surface area contributed by atoms with E-state index in [0.29, 0.717) is 5.56 Å². The minimum atomic E-state index is -0.293. The Bertz CT molecular complexity index is 681. The van der Waals surface area contributed by atoms with E-state index in [4.69, 9.17) is 5.11 Å². The minimum Gasteiger partial charge on any atom is -0.394 e. The second kappa shape index (κ2) is 6.54. The summed E-state index contributed by atoms with van der Waals surface area (Å²) in [5, 5.41) is 16.6. The molecule has 2 aromatic rings. The quantitative estimate of drug-likeness (QED) is 0.911. The lowest BCUT2D eigenvalue weighted by molar-refractivity contribution is 0.0920. The number of amides is 1. The number of rotatable bonds is 4. The molecule has 0 saturated heterocycles. The van der Waals surface area contributed by atoms with E-state index in [1.165, 1.54) is 5.56 Å². The van der Waals surface area contributed by atoms with Crippen molar-refractivity contribution in [2.45, 2.75) is 46.1 Å². The first kappa shape index (κ1) is 17.2. The molecule has 0 radical (unpaired) electrons. The predicted octanol–water partition coefficient (Wildman–Crippen LogP) is 2.59. The number of benzene rings is 1. The summed E-state index contributed by atoms with van der Waals surface area (Å²) in [5.41, 5.74) is 3.10. The van der Waals surface area contributed by atoms with Gasteiger partial charge in [-0.15, -0.1) is 0 Å². The van der Waals surface area contributed by atoms with Crippen molar-refractivity contribution in [1.29, 1.82) is 0 Å². The maximum atomic E-state index is 12.5. The van der Waals surface area contributed by atoms with Gasteiger partial charge in [-0.1, -0.05) is 38.5 Å². The van der Waals surface area contributed by atoms with E-state index >= 15 is 0 Å². The second-order valence-electron chi connectivity index (χ2n) is 6.98. The largest absolute Gasteiger partial charge is 0.394 e. The van der Waals surface area contributed by atoms with Gasteiger partial charge in [-0.3, -0.25) is 4.79 Å². The first-order valence-electron chi connectivity index (χ1n) is 7.81. The number of aliphatic hydroxyl groups is 1. The molecule has 1 atom stereocenters. The molecule has 0 spiro atoms. The van der Waals surface area contributed by atoms with Crippen LogP contribution >= 0.6 is 0 Å². The van der Waals surface area contributed by atoms with Gasteiger partial charge in [0.2, 0.25) is 0 Å². The van der Waals surface area contributed by atoms with Gasteiger partial charge in [0.1, 0.15) is 0 Å². The Morgan fingerprint density at radius 1 is 1.30 bits per heavy atom. The van der Waals surface area contributed by atoms with Gasteiger partial charge >= 0.3 is 0 Å². The molecule has 0 aliphatic carbocycles. The summed E-state index contributed by atoms with van der Waals surface area (Å²) < 4.78 is 1.73. The van der Waals surface area contributed by atoms with Crippen molar-refractivity contribution >= 4 is 5.91 Å². The molecule has 1 amide bonds. The number of nitrogens with zero attached hydrogens (tertiary/aromatic N) is 2. The molecular weight excluding hydrogens is 290 g/mol. The number of aromatic nitrogens is 2. The fourth-order valence-electron chi connectivity index (χ4n) is 2.27. The Balaban J connectivity index is 2.44. The standard InChI is InChI=1S/C18H25N3O2/c1-12-6-8-14(9-7-12)21-10-15(16(20-21)18(3,4)5)17(23)19-13(2)11-22/h6-10,13,22H,11H2,1-5H3,(H,19,23). The maximum Gasteiger partial charge on any atom is 0.255 e. The van der Waals surface area contributed by atoms with Gasteiger partial charge < -0.3 is 10.4 Å². The average molecular weight is 315 g/mol. The van der Waals surface area contributed by atoms with Crippen LogP contribution < -0.4 is 5.32 Å². The highest BCUT2D eigenvalue weighted by Gasteiger charge is 2.27. The van der Waals surface area contributed by atoms with E-state index in [2.05, 4.69) is 10.4 Å². The zero-order chi connectivity index (χ0) is 17.2. The van der Waals surface area contributed by atoms with Gasteiger partial charge in [-0.2, -0.15) is 5.10 Å². The van der Waals surface area contributed by atoms with Gasteiger partial charge in [0, 0.05) is 17.7 Å². The SMILES string of the molecule is Cc1ccc(-n2cc(C(=O)NC(C)CO)c(C(C)(C)C)n2)cc1. The summed E-state index contributed by atoms with van der Waals surface area (Å²) in [5.74, 6) is -0.213. The fourth-order valence-corrected chi connectivity index (χ4v) is 2.27. The molecule has 0 bridgehead atoms. The van der Waals surface area contributed by atoms with Gasteiger partial charge in [-0.05, 0) is 26.0 Å². The van der Waals surface area contributed by atoms with Crippen molar-refractivity contribution < 1.29 is 9.90 Å². The molecule has 5 nitrogen and oxygen atoms in total. The van der Waals surface area contributed by atoms with Crippen LogP contribution in [-0.2, 0) is 5.41 Å². The van der Waals surface area contributed by atoms with E-state index in [9.17, 15) is 4.79 Å². The molecule has 0 fully saturated rings. The first-order chi connectivity index (χ1) is 10.7. The van der Waals surface area contributed by atoms with Crippen LogP contribution in [-0.4, -0.2) is 33.4 Å². The molecule has 23 heavy (non-hydrogen) atoms. The average Bonchev–Trinajstić information content (AvgIpc) is 2.93. The summed E-state index contributed by atoms with van der Waals surface area (Å²) >= 11 is 0. The van der Waals surface area contributed by atoms with Gasteiger partial charge in [0.25, 0.3) is 5.91 Å². The van der Waals surface area contributed by atoms with Gasteiger partial charge in [0.05, 0.1) is 23.6 Å². The van der Waals surface area contributed by atoms with E-state index < -0.39 is 0 Å². The minimum absolute atomic E-state index is 0.0946.